The zero-order chi connectivity index (χ0) is 11.8. The number of aliphatic hydroxyl groups excluding tert-OH is 1. The molecule has 17 heavy (non-hydrogen) atoms. The van der Waals surface area contributed by atoms with E-state index < -0.39 is 6.10 Å². The number of hydrogen-bond acceptors (Lipinski definition) is 2. The van der Waals surface area contributed by atoms with E-state index in [2.05, 4.69) is 0 Å². The van der Waals surface area contributed by atoms with Gasteiger partial charge in [-0.1, -0.05) is 30.0 Å². The van der Waals surface area contributed by atoms with Gasteiger partial charge in [-0.25, -0.2) is 4.39 Å². The maximum Gasteiger partial charge on any atom is 0.123 e. The minimum atomic E-state index is -0.628. The topological polar surface area (TPSA) is 20.2 Å². The van der Waals surface area contributed by atoms with Gasteiger partial charge in [0.2, 0.25) is 0 Å². The summed E-state index contributed by atoms with van der Waals surface area (Å²) in [7, 11) is 0. The van der Waals surface area contributed by atoms with Gasteiger partial charge in [0.25, 0.3) is 0 Å². The second-order valence-electron chi connectivity index (χ2n) is 4.11. The van der Waals surface area contributed by atoms with E-state index in [-0.39, 0.29) is 5.82 Å². The summed E-state index contributed by atoms with van der Waals surface area (Å²) in [6.45, 7) is 0. The molecule has 0 bridgehead atoms. The molecule has 1 atom stereocenters. The van der Waals surface area contributed by atoms with Crippen LogP contribution in [-0.4, -0.2) is 5.11 Å². The van der Waals surface area contributed by atoms with Crippen molar-refractivity contribution < 1.29 is 9.50 Å². The van der Waals surface area contributed by atoms with Crippen molar-refractivity contribution in [1.29, 1.82) is 0 Å². The lowest BCUT2D eigenvalue weighted by molar-refractivity contribution is 0.175. The molecule has 3 rings (SSSR count). The van der Waals surface area contributed by atoms with E-state index in [1.807, 2.05) is 24.3 Å². The zero-order valence-corrected chi connectivity index (χ0v) is 9.88. The Balaban J connectivity index is 2.14. The van der Waals surface area contributed by atoms with Gasteiger partial charge in [-0.2, -0.15) is 0 Å². The maximum absolute atomic E-state index is 13.2. The summed E-state index contributed by atoms with van der Waals surface area (Å²) in [5.41, 5.74) is 1.80. The molecule has 0 fully saturated rings. The number of aliphatic hydroxyl groups is 1. The Morgan fingerprint density at radius 1 is 1.12 bits per heavy atom. The van der Waals surface area contributed by atoms with Gasteiger partial charge >= 0.3 is 0 Å². The SMILES string of the molecule is O[C@@H]1Cc2ccccc2Sc2ccc(F)cc21. The standard InChI is InChI=1S/C14H11FOS/c15-10-5-6-14-11(8-10)12(16)7-9-3-1-2-4-13(9)17-14/h1-6,8,12,16H,7H2/t12-/m1/s1. The van der Waals surface area contributed by atoms with Crippen molar-refractivity contribution in [3.05, 3.63) is 59.4 Å². The lowest BCUT2D eigenvalue weighted by Gasteiger charge is -2.10. The van der Waals surface area contributed by atoms with Gasteiger partial charge in [-0.3, -0.25) is 0 Å². The van der Waals surface area contributed by atoms with Crippen molar-refractivity contribution in [3.8, 4) is 0 Å². The molecule has 0 spiro atoms. The summed E-state index contributed by atoms with van der Waals surface area (Å²) < 4.78 is 13.2. The Kier molecular flexibility index (Phi) is 2.65. The Morgan fingerprint density at radius 3 is 2.82 bits per heavy atom. The number of benzene rings is 2. The van der Waals surface area contributed by atoms with Crippen LogP contribution in [0.5, 0.6) is 0 Å². The molecule has 1 aliphatic heterocycles. The first-order valence-corrected chi connectivity index (χ1v) is 6.29. The lowest BCUT2D eigenvalue weighted by atomic mass is 10.0. The second kappa shape index (κ2) is 4.17. The number of rotatable bonds is 0. The molecule has 0 aromatic heterocycles. The highest BCUT2D eigenvalue weighted by Gasteiger charge is 2.20. The van der Waals surface area contributed by atoms with E-state index in [4.69, 9.17) is 0 Å². The fourth-order valence-electron chi connectivity index (χ4n) is 2.08. The molecule has 0 saturated carbocycles. The van der Waals surface area contributed by atoms with E-state index in [1.165, 1.54) is 12.1 Å². The largest absolute Gasteiger partial charge is 0.388 e. The summed E-state index contributed by atoms with van der Waals surface area (Å²) in [6.07, 6.45) is -0.0866. The van der Waals surface area contributed by atoms with Crippen molar-refractivity contribution in [2.24, 2.45) is 0 Å². The fourth-order valence-corrected chi connectivity index (χ4v) is 3.20. The van der Waals surface area contributed by atoms with E-state index in [0.29, 0.717) is 12.0 Å². The molecular formula is C14H11FOS. The van der Waals surface area contributed by atoms with E-state index in [1.54, 1.807) is 17.8 Å². The van der Waals surface area contributed by atoms with Gasteiger partial charge in [0, 0.05) is 16.2 Å². The van der Waals surface area contributed by atoms with Crippen molar-refractivity contribution in [1.82, 2.24) is 0 Å². The summed E-state index contributed by atoms with van der Waals surface area (Å²) in [6, 6.07) is 12.6. The van der Waals surface area contributed by atoms with E-state index in [9.17, 15) is 9.50 Å². The minimum Gasteiger partial charge on any atom is -0.388 e. The first kappa shape index (κ1) is 10.8. The molecule has 0 radical (unpaired) electrons. The quantitative estimate of drug-likeness (QED) is 0.767. The Bertz CT molecular complexity index is 568. The van der Waals surface area contributed by atoms with Crippen molar-refractivity contribution in [2.45, 2.75) is 22.3 Å². The molecule has 2 aromatic carbocycles. The summed E-state index contributed by atoms with van der Waals surface area (Å²) in [5.74, 6) is -0.297. The molecule has 0 saturated heterocycles. The van der Waals surface area contributed by atoms with Crippen molar-refractivity contribution in [2.75, 3.05) is 0 Å². The van der Waals surface area contributed by atoms with Crippen LogP contribution < -0.4 is 0 Å². The van der Waals surface area contributed by atoms with Crippen LogP contribution in [0, 0.1) is 5.82 Å². The average Bonchev–Trinajstić information content (AvgIpc) is 2.46. The van der Waals surface area contributed by atoms with Crippen LogP contribution in [0.25, 0.3) is 0 Å². The molecular weight excluding hydrogens is 235 g/mol. The molecule has 3 heteroatoms. The highest BCUT2D eigenvalue weighted by atomic mass is 32.2. The molecule has 0 amide bonds. The summed E-state index contributed by atoms with van der Waals surface area (Å²) in [4.78, 5) is 2.07. The minimum absolute atomic E-state index is 0.297. The Hall–Kier alpha value is -1.32. The van der Waals surface area contributed by atoms with Crippen molar-refractivity contribution >= 4 is 11.8 Å². The molecule has 0 aliphatic carbocycles. The van der Waals surface area contributed by atoms with Crippen LogP contribution in [0.4, 0.5) is 4.39 Å². The summed E-state index contributed by atoms with van der Waals surface area (Å²) >= 11 is 1.59. The predicted molar refractivity (Wildman–Crippen MR) is 65.6 cm³/mol. The van der Waals surface area contributed by atoms with E-state index >= 15 is 0 Å². The smallest absolute Gasteiger partial charge is 0.123 e. The third-order valence-electron chi connectivity index (χ3n) is 2.94. The zero-order valence-electron chi connectivity index (χ0n) is 9.06. The average molecular weight is 246 g/mol. The molecule has 1 aliphatic rings. The Morgan fingerprint density at radius 2 is 1.94 bits per heavy atom. The normalized spacial score (nSPS) is 18.1. The maximum atomic E-state index is 13.2. The highest BCUT2D eigenvalue weighted by Crippen LogP contribution is 2.40. The van der Waals surface area contributed by atoms with Crippen LogP contribution in [0.15, 0.2) is 52.3 Å². The number of halogens is 1. The molecule has 1 N–H and O–H groups in total. The van der Waals surface area contributed by atoms with Crippen LogP contribution in [-0.2, 0) is 6.42 Å². The predicted octanol–water partition coefficient (Wildman–Crippen LogP) is 3.57. The van der Waals surface area contributed by atoms with Gasteiger partial charge in [-0.15, -0.1) is 0 Å². The number of fused-ring (bicyclic) bond motifs is 2. The fraction of sp³-hybridized carbons (Fsp3) is 0.143. The molecule has 1 heterocycles. The highest BCUT2D eigenvalue weighted by molar-refractivity contribution is 7.99. The monoisotopic (exact) mass is 246 g/mol. The van der Waals surface area contributed by atoms with Gasteiger partial charge in [0.15, 0.2) is 0 Å². The van der Waals surface area contributed by atoms with Gasteiger partial charge in [0.1, 0.15) is 5.82 Å². The van der Waals surface area contributed by atoms with Gasteiger partial charge in [-0.05, 0) is 35.4 Å². The second-order valence-corrected chi connectivity index (χ2v) is 5.20. The molecule has 2 aromatic rings. The number of hydrogen-bond donors (Lipinski definition) is 1. The molecule has 86 valence electrons. The van der Waals surface area contributed by atoms with Crippen LogP contribution in [0.3, 0.4) is 0 Å². The van der Waals surface area contributed by atoms with Gasteiger partial charge in [0.05, 0.1) is 6.10 Å². The third kappa shape index (κ3) is 1.96. The first-order chi connectivity index (χ1) is 8.24. The van der Waals surface area contributed by atoms with Crippen LogP contribution in [0.1, 0.15) is 17.2 Å². The lowest BCUT2D eigenvalue weighted by Crippen LogP contribution is -2.01. The third-order valence-corrected chi connectivity index (χ3v) is 4.15. The molecule has 0 unspecified atom stereocenters. The van der Waals surface area contributed by atoms with Crippen LogP contribution in [0.2, 0.25) is 0 Å². The summed E-state index contributed by atoms with van der Waals surface area (Å²) in [5, 5.41) is 10.1. The Labute approximate surface area is 103 Å². The first-order valence-electron chi connectivity index (χ1n) is 5.47. The van der Waals surface area contributed by atoms with Crippen molar-refractivity contribution in [3.63, 3.8) is 0 Å². The van der Waals surface area contributed by atoms with Crippen LogP contribution >= 0.6 is 11.8 Å². The van der Waals surface area contributed by atoms with E-state index in [0.717, 1.165) is 15.4 Å². The molecule has 1 nitrogen and oxygen atoms in total. The van der Waals surface area contributed by atoms with Gasteiger partial charge < -0.3 is 5.11 Å².